The van der Waals surface area contributed by atoms with Gasteiger partial charge >= 0.3 is 0 Å². The van der Waals surface area contributed by atoms with Crippen LogP contribution in [0.3, 0.4) is 0 Å². The number of carbonyl (C=O) groups is 2. The van der Waals surface area contributed by atoms with Gasteiger partial charge in [0.05, 0.1) is 22.3 Å². The van der Waals surface area contributed by atoms with Gasteiger partial charge in [-0.1, -0.05) is 43.1 Å². The summed E-state index contributed by atoms with van der Waals surface area (Å²) in [5.74, 6) is -0.589. The Kier molecular flexibility index (Phi) is 5.63. The van der Waals surface area contributed by atoms with E-state index in [0.29, 0.717) is 15.7 Å². The maximum Gasteiger partial charge on any atom is 0.244 e. The summed E-state index contributed by atoms with van der Waals surface area (Å²) in [6, 6.07) is 4.95. The molecule has 0 fully saturated rings. The first-order chi connectivity index (χ1) is 8.82. The molecule has 19 heavy (non-hydrogen) atoms. The molecule has 0 atom stereocenters. The first-order valence-electron chi connectivity index (χ1n) is 5.81. The van der Waals surface area contributed by atoms with Crippen molar-refractivity contribution < 1.29 is 9.59 Å². The first-order valence-corrected chi connectivity index (χ1v) is 6.57. The minimum Gasteiger partial charge on any atom is -0.336 e. The second-order valence-corrected chi connectivity index (χ2v) is 5.31. The minimum atomic E-state index is -0.341. The maximum absolute atomic E-state index is 11.8. The van der Waals surface area contributed by atoms with Crippen LogP contribution in [0.15, 0.2) is 18.2 Å². The summed E-state index contributed by atoms with van der Waals surface area (Å²) in [5, 5.41) is 3.33. The summed E-state index contributed by atoms with van der Waals surface area (Å²) in [5.41, 5.74) is 0.362. The van der Waals surface area contributed by atoms with Gasteiger partial charge in [0, 0.05) is 13.0 Å². The van der Waals surface area contributed by atoms with Gasteiger partial charge in [-0.2, -0.15) is 0 Å². The Morgan fingerprint density at radius 2 is 1.79 bits per heavy atom. The van der Waals surface area contributed by atoms with Crippen LogP contribution < -0.4 is 5.32 Å². The Morgan fingerprint density at radius 1 is 1.26 bits per heavy atom. The number of carbonyl (C=O) groups excluding carboxylic acids is 2. The number of hydrogen-bond donors (Lipinski definition) is 1. The zero-order chi connectivity index (χ0) is 14.6. The molecule has 0 spiro atoms. The van der Waals surface area contributed by atoms with Gasteiger partial charge in [0.25, 0.3) is 0 Å². The highest BCUT2D eigenvalue weighted by Gasteiger charge is 2.17. The number of nitrogens with zero attached hydrogens (tertiary/aromatic N) is 1. The average molecular weight is 303 g/mol. The van der Waals surface area contributed by atoms with E-state index in [9.17, 15) is 9.59 Å². The van der Waals surface area contributed by atoms with Crippen molar-refractivity contribution in [3.05, 3.63) is 28.2 Å². The molecule has 0 aliphatic heterocycles. The third-order valence-electron chi connectivity index (χ3n) is 2.48. The molecule has 4 nitrogen and oxygen atoms in total. The van der Waals surface area contributed by atoms with Crippen LogP contribution in [0.5, 0.6) is 0 Å². The SMILES string of the molecule is CC(C)C(=O)N(C)CC(=O)Nc1c(Cl)cccc1Cl. The lowest BCUT2D eigenvalue weighted by Crippen LogP contribution is -2.37. The van der Waals surface area contributed by atoms with Crippen LogP contribution in [-0.2, 0) is 9.59 Å². The van der Waals surface area contributed by atoms with Gasteiger partial charge in [-0.15, -0.1) is 0 Å². The van der Waals surface area contributed by atoms with Crippen LogP contribution in [0.2, 0.25) is 10.0 Å². The molecule has 1 N–H and O–H groups in total. The van der Waals surface area contributed by atoms with Crippen molar-refractivity contribution in [1.82, 2.24) is 4.90 Å². The molecule has 0 aliphatic carbocycles. The number of benzene rings is 1. The van der Waals surface area contributed by atoms with E-state index < -0.39 is 0 Å². The third-order valence-corrected chi connectivity index (χ3v) is 3.11. The Labute approximate surface area is 122 Å². The minimum absolute atomic E-state index is 0.0431. The number of nitrogens with one attached hydrogen (secondary N) is 1. The fourth-order valence-corrected chi connectivity index (χ4v) is 2.02. The number of halogens is 2. The van der Waals surface area contributed by atoms with Gasteiger partial charge in [-0.25, -0.2) is 0 Å². The van der Waals surface area contributed by atoms with Crippen molar-refractivity contribution in [2.24, 2.45) is 5.92 Å². The number of rotatable bonds is 4. The maximum atomic E-state index is 11.8. The van der Waals surface area contributed by atoms with Crippen molar-refractivity contribution in [3.63, 3.8) is 0 Å². The normalized spacial score (nSPS) is 10.4. The van der Waals surface area contributed by atoms with Crippen LogP contribution in [-0.4, -0.2) is 30.3 Å². The summed E-state index contributed by atoms with van der Waals surface area (Å²) in [4.78, 5) is 24.9. The number of hydrogen-bond acceptors (Lipinski definition) is 2. The van der Waals surface area contributed by atoms with E-state index in [1.165, 1.54) is 4.90 Å². The molecule has 1 aromatic rings. The van der Waals surface area contributed by atoms with E-state index in [0.717, 1.165) is 0 Å². The van der Waals surface area contributed by atoms with Gasteiger partial charge < -0.3 is 10.2 Å². The van der Waals surface area contributed by atoms with E-state index in [4.69, 9.17) is 23.2 Å². The van der Waals surface area contributed by atoms with Crippen molar-refractivity contribution >= 4 is 40.7 Å². The fourth-order valence-electron chi connectivity index (χ4n) is 1.53. The second-order valence-electron chi connectivity index (χ2n) is 4.49. The Bertz CT molecular complexity index is 469. The fraction of sp³-hybridized carbons (Fsp3) is 0.385. The van der Waals surface area contributed by atoms with Crippen LogP contribution in [0.4, 0.5) is 5.69 Å². The lowest BCUT2D eigenvalue weighted by molar-refractivity contribution is -0.136. The van der Waals surface area contributed by atoms with Crippen LogP contribution in [0, 0.1) is 5.92 Å². The molecular formula is C13H16Cl2N2O2. The topological polar surface area (TPSA) is 49.4 Å². The van der Waals surface area contributed by atoms with E-state index in [1.807, 2.05) is 0 Å². The van der Waals surface area contributed by atoms with Crippen LogP contribution >= 0.6 is 23.2 Å². The molecule has 0 saturated carbocycles. The molecule has 0 aromatic heterocycles. The molecule has 0 unspecified atom stereocenters. The van der Waals surface area contributed by atoms with Gasteiger partial charge in [0.15, 0.2) is 0 Å². The van der Waals surface area contributed by atoms with Crippen molar-refractivity contribution in [3.8, 4) is 0 Å². The summed E-state index contributed by atoms with van der Waals surface area (Å²) in [6.07, 6.45) is 0. The number of amides is 2. The predicted molar refractivity (Wildman–Crippen MR) is 77.6 cm³/mol. The summed E-state index contributed by atoms with van der Waals surface area (Å²) >= 11 is 11.9. The molecule has 6 heteroatoms. The smallest absolute Gasteiger partial charge is 0.244 e. The molecule has 0 aliphatic rings. The standard InChI is InChI=1S/C13H16Cl2N2O2/c1-8(2)13(19)17(3)7-11(18)16-12-9(14)5-4-6-10(12)15/h4-6,8H,7H2,1-3H3,(H,16,18). The molecule has 0 bridgehead atoms. The van der Waals surface area contributed by atoms with Crippen LogP contribution in [0.1, 0.15) is 13.8 Å². The van der Waals surface area contributed by atoms with Crippen LogP contribution in [0.25, 0.3) is 0 Å². The highest BCUT2D eigenvalue weighted by Crippen LogP contribution is 2.29. The second kappa shape index (κ2) is 6.78. The monoisotopic (exact) mass is 302 g/mol. The molecule has 2 amide bonds. The largest absolute Gasteiger partial charge is 0.336 e. The highest BCUT2D eigenvalue weighted by molar-refractivity contribution is 6.39. The van der Waals surface area contributed by atoms with Gasteiger partial charge in [-0.05, 0) is 12.1 Å². The molecule has 0 radical (unpaired) electrons. The summed E-state index contributed by atoms with van der Waals surface area (Å²) < 4.78 is 0. The van der Waals surface area contributed by atoms with E-state index in [2.05, 4.69) is 5.32 Å². The lowest BCUT2D eigenvalue weighted by atomic mass is 10.2. The molecular weight excluding hydrogens is 287 g/mol. The molecule has 0 saturated heterocycles. The zero-order valence-electron chi connectivity index (χ0n) is 11.0. The molecule has 0 heterocycles. The number of para-hydroxylation sites is 1. The summed E-state index contributed by atoms with van der Waals surface area (Å²) in [7, 11) is 1.58. The first kappa shape index (κ1) is 15.8. The Balaban J connectivity index is 2.68. The quantitative estimate of drug-likeness (QED) is 0.929. The van der Waals surface area contributed by atoms with Gasteiger partial charge in [0.1, 0.15) is 0 Å². The molecule has 1 rings (SSSR count). The third kappa shape index (κ3) is 4.40. The van der Waals surface area contributed by atoms with E-state index in [1.54, 1.807) is 39.1 Å². The summed E-state index contributed by atoms with van der Waals surface area (Å²) in [6.45, 7) is 3.52. The Morgan fingerprint density at radius 3 is 2.26 bits per heavy atom. The Hall–Kier alpha value is -1.26. The lowest BCUT2D eigenvalue weighted by Gasteiger charge is -2.19. The van der Waals surface area contributed by atoms with Gasteiger partial charge in [0.2, 0.25) is 11.8 Å². The van der Waals surface area contributed by atoms with Gasteiger partial charge in [-0.3, -0.25) is 9.59 Å². The molecule has 1 aromatic carbocycles. The average Bonchev–Trinajstić information content (AvgIpc) is 2.32. The van der Waals surface area contributed by atoms with Crippen molar-refractivity contribution in [2.75, 3.05) is 18.9 Å². The predicted octanol–water partition coefficient (Wildman–Crippen LogP) is 3.05. The highest BCUT2D eigenvalue weighted by atomic mass is 35.5. The van der Waals surface area contributed by atoms with E-state index in [-0.39, 0.29) is 24.3 Å². The van der Waals surface area contributed by atoms with E-state index >= 15 is 0 Å². The van der Waals surface area contributed by atoms with Crippen molar-refractivity contribution in [2.45, 2.75) is 13.8 Å². The van der Waals surface area contributed by atoms with Crippen molar-refractivity contribution in [1.29, 1.82) is 0 Å². The molecule has 104 valence electrons. The number of likely N-dealkylation sites (N-methyl/N-ethyl adjacent to an activating group) is 1. The zero-order valence-corrected chi connectivity index (χ0v) is 12.5. The number of anilines is 1.